The van der Waals surface area contributed by atoms with Crippen LogP contribution in [0.1, 0.15) is 0 Å². The molecule has 0 fully saturated rings. The molecule has 0 aromatic rings. The average Bonchev–Trinajstić information content (AvgIpc) is 1.41. The second kappa shape index (κ2) is 8.83. The number of hydrogen-bond donors (Lipinski definition) is 0. The topological polar surface area (TPSA) is 17.1 Å². The Hall–Kier alpha value is -0.291. The van der Waals surface area contributed by atoms with Crippen molar-refractivity contribution in [3.63, 3.8) is 0 Å². The maximum Gasteiger partial charge on any atom is 0 e. The molecular formula is C4H3FeO-. The van der Waals surface area contributed by atoms with Crippen molar-refractivity contribution < 1.29 is 21.9 Å². The predicted molar refractivity (Wildman–Crippen MR) is 19.4 cm³/mol. The van der Waals surface area contributed by atoms with Gasteiger partial charge in [-0.25, -0.2) is 0 Å². The van der Waals surface area contributed by atoms with E-state index in [-0.39, 0.29) is 17.1 Å². The van der Waals surface area contributed by atoms with E-state index in [4.69, 9.17) is 4.79 Å². The van der Waals surface area contributed by atoms with Gasteiger partial charge >= 0.3 is 0 Å². The van der Waals surface area contributed by atoms with Gasteiger partial charge in [-0.1, -0.05) is 0 Å². The Balaban J connectivity index is 0. The Morgan fingerprint density at radius 2 is 2.33 bits per heavy atom. The Morgan fingerprint density at radius 3 is 2.33 bits per heavy atom. The van der Waals surface area contributed by atoms with Crippen molar-refractivity contribution in [1.82, 2.24) is 0 Å². The second-order valence-electron chi connectivity index (χ2n) is 0.466. The first kappa shape index (κ1) is 9.20. The van der Waals surface area contributed by atoms with Crippen LogP contribution in [0.15, 0.2) is 18.4 Å². The van der Waals surface area contributed by atoms with Gasteiger partial charge in [0.15, 0.2) is 0 Å². The zero-order chi connectivity index (χ0) is 4.12. The number of carbonyl (C=O) groups excluding carboxylic acids is 1. The third-order valence-corrected chi connectivity index (χ3v) is 0.161. The maximum absolute atomic E-state index is 9.12. The van der Waals surface area contributed by atoms with Crippen molar-refractivity contribution in [2.24, 2.45) is 0 Å². The Labute approximate surface area is 47.2 Å². The van der Waals surface area contributed by atoms with Gasteiger partial charge in [-0.2, -0.15) is 12.7 Å². The van der Waals surface area contributed by atoms with E-state index >= 15 is 0 Å². The van der Waals surface area contributed by atoms with E-state index in [1.807, 2.05) is 0 Å². The molecule has 0 radical (unpaired) electrons. The summed E-state index contributed by atoms with van der Waals surface area (Å²) in [7, 11) is 0. The summed E-state index contributed by atoms with van der Waals surface area (Å²) in [6.07, 6.45) is 2.55. The van der Waals surface area contributed by atoms with E-state index in [0.717, 1.165) is 6.08 Å². The largest absolute Gasteiger partial charge is 0.418 e. The fourth-order valence-corrected chi connectivity index (χ4v) is 0.0417. The number of allylic oxidation sites excluding steroid dienone is 1. The van der Waals surface area contributed by atoms with Crippen molar-refractivity contribution in [2.75, 3.05) is 0 Å². The number of rotatable bonds is 1. The van der Waals surface area contributed by atoms with Crippen molar-refractivity contribution in [3.05, 3.63) is 18.4 Å². The zero-order valence-electron chi connectivity index (χ0n) is 3.05. The van der Waals surface area contributed by atoms with Crippen molar-refractivity contribution in [3.8, 4) is 0 Å². The van der Waals surface area contributed by atoms with Crippen LogP contribution in [0.3, 0.4) is 0 Å². The van der Waals surface area contributed by atoms with E-state index in [2.05, 4.69) is 12.3 Å². The fraction of sp³-hybridized carbons (Fsp3) is 0. The molecule has 0 rings (SSSR count). The van der Waals surface area contributed by atoms with Crippen LogP contribution in [0.25, 0.3) is 0 Å². The van der Waals surface area contributed by atoms with Crippen molar-refractivity contribution in [2.45, 2.75) is 0 Å². The second-order valence-corrected chi connectivity index (χ2v) is 0.466. The Kier molecular flexibility index (Phi) is 13.5. The van der Waals surface area contributed by atoms with Crippen molar-refractivity contribution in [1.29, 1.82) is 0 Å². The smallest absolute Gasteiger partial charge is 0 e. The van der Waals surface area contributed by atoms with Crippen LogP contribution in [0.4, 0.5) is 0 Å². The van der Waals surface area contributed by atoms with Crippen LogP contribution in [-0.4, -0.2) is 6.29 Å². The normalized spacial score (nSPS) is 4.00. The van der Waals surface area contributed by atoms with Gasteiger partial charge < -0.3 is 10.5 Å². The molecule has 0 saturated carbocycles. The summed E-state index contributed by atoms with van der Waals surface area (Å²) in [6, 6.07) is 0. The quantitative estimate of drug-likeness (QED) is 0.214. The third-order valence-electron chi connectivity index (χ3n) is 0.161. The molecule has 0 amide bonds. The molecule has 0 aromatic carbocycles. The Bertz CT molecular complexity index is 71.6. The van der Waals surface area contributed by atoms with E-state index in [9.17, 15) is 0 Å². The van der Waals surface area contributed by atoms with Gasteiger partial charge in [0.05, 0.1) is 0 Å². The molecule has 0 aliphatic rings. The molecule has 0 aliphatic heterocycles. The van der Waals surface area contributed by atoms with Crippen LogP contribution in [0.2, 0.25) is 0 Å². The number of hydrogen-bond acceptors (Lipinski definition) is 1. The Morgan fingerprint density at radius 1 is 1.83 bits per heavy atom. The van der Waals surface area contributed by atoms with Gasteiger partial charge in [-0.05, 0) is 6.29 Å². The van der Waals surface area contributed by atoms with Gasteiger partial charge in [-0.15, -0.1) is 0 Å². The van der Waals surface area contributed by atoms with E-state index in [0.29, 0.717) is 0 Å². The van der Waals surface area contributed by atoms with E-state index in [1.54, 1.807) is 0 Å². The molecule has 1 nitrogen and oxygen atoms in total. The summed E-state index contributed by atoms with van der Waals surface area (Å²) in [4.78, 5) is 9.12. The molecule has 0 aliphatic carbocycles. The van der Waals surface area contributed by atoms with Crippen LogP contribution < -0.4 is 0 Å². The zero-order valence-corrected chi connectivity index (χ0v) is 4.15. The SMILES string of the molecule is C=C=C[C-]=O.[Fe]. The van der Waals surface area contributed by atoms with Gasteiger partial charge in [0, 0.05) is 17.1 Å². The predicted octanol–water partition coefficient (Wildman–Crippen LogP) is 0.435. The molecule has 34 valence electrons. The van der Waals surface area contributed by atoms with Gasteiger partial charge in [-0.3, -0.25) is 0 Å². The molecule has 2 heteroatoms. The monoisotopic (exact) mass is 123 g/mol. The molecule has 0 bridgehead atoms. The van der Waals surface area contributed by atoms with E-state index in [1.165, 1.54) is 6.29 Å². The minimum absolute atomic E-state index is 0. The first-order valence-corrected chi connectivity index (χ1v) is 1.14. The summed E-state index contributed by atoms with van der Waals surface area (Å²) < 4.78 is 0. The minimum atomic E-state index is 0. The fourth-order valence-electron chi connectivity index (χ4n) is 0.0417. The van der Waals surface area contributed by atoms with Crippen LogP contribution in [-0.2, 0) is 21.9 Å². The maximum atomic E-state index is 9.12. The molecule has 6 heavy (non-hydrogen) atoms. The molecule has 0 heterocycles. The summed E-state index contributed by atoms with van der Waals surface area (Å²) in [5.41, 5.74) is 2.22. The first-order valence-electron chi connectivity index (χ1n) is 1.14. The average molecular weight is 123 g/mol. The first-order chi connectivity index (χ1) is 2.41. The molecule has 0 N–H and O–H groups in total. The van der Waals surface area contributed by atoms with Crippen LogP contribution in [0, 0.1) is 0 Å². The summed E-state index contributed by atoms with van der Waals surface area (Å²) >= 11 is 0. The van der Waals surface area contributed by atoms with E-state index < -0.39 is 0 Å². The van der Waals surface area contributed by atoms with Gasteiger partial charge in [0.1, 0.15) is 0 Å². The van der Waals surface area contributed by atoms with Crippen molar-refractivity contribution >= 4 is 6.29 Å². The summed E-state index contributed by atoms with van der Waals surface area (Å²) in [5, 5.41) is 0. The standard InChI is InChI=1S/C4H3O.Fe/c1-2-3-4-5;/h3H,1H2;/q-1;. The van der Waals surface area contributed by atoms with Crippen LogP contribution >= 0.6 is 0 Å². The molecule has 0 spiro atoms. The summed E-state index contributed by atoms with van der Waals surface area (Å²) in [5.74, 6) is 0. The molecule has 0 aromatic heterocycles. The minimum Gasteiger partial charge on any atom is -0.418 e. The van der Waals surface area contributed by atoms with Gasteiger partial charge in [0.25, 0.3) is 0 Å². The molecular weight excluding hydrogens is 120 g/mol. The molecule has 0 atom stereocenters. The summed E-state index contributed by atoms with van der Waals surface area (Å²) in [6.45, 7) is 3.11. The molecule has 0 saturated heterocycles. The third kappa shape index (κ3) is 9.32. The van der Waals surface area contributed by atoms with Crippen LogP contribution in [0.5, 0.6) is 0 Å². The van der Waals surface area contributed by atoms with Gasteiger partial charge in [0.2, 0.25) is 0 Å². The molecule has 0 unspecified atom stereocenters.